The van der Waals surface area contributed by atoms with Crippen LogP contribution < -0.4 is 5.56 Å². The summed E-state index contributed by atoms with van der Waals surface area (Å²) in [5.74, 6) is -0.911. The van der Waals surface area contributed by atoms with Gasteiger partial charge in [-0.3, -0.25) is 9.20 Å². The number of halogens is 3. The Hall–Kier alpha value is -1.73. The smallest absolute Gasteiger partial charge is 0.258 e. The number of hydrogen-bond acceptors (Lipinski definition) is 3. The Balaban J connectivity index is 1.88. The lowest BCUT2D eigenvalue weighted by molar-refractivity contribution is 0.565. The average Bonchev–Trinajstić information content (AvgIpc) is 2.47. The van der Waals surface area contributed by atoms with Gasteiger partial charge in [0.25, 0.3) is 5.56 Å². The Bertz CT molecular complexity index is 914. The van der Waals surface area contributed by atoms with Crippen molar-refractivity contribution in [3.63, 3.8) is 0 Å². The van der Waals surface area contributed by atoms with Gasteiger partial charge in [-0.1, -0.05) is 0 Å². The number of fused-ring (bicyclic) bond motifs is 1. The molecule has 22 heavy (non-hydrogen) atoms. The van der Waals surface area contributed by atoms with Crippen molar-refractivity contribution < 1.29 is 8.78 Å². The number of thioether (sulfide) groups is 1. The van der Waals surface area contributed by atoms with Crippen LogP contribution in [-0.2, 0) is 5.75 Å². The molecule has 3 nitrogen and oxygen atoms in total. The van der Waals surface area contributed by atoms with Crippen LogP contribution in [0.15, 0.2) is 56.8 Å². The zero-order chi connectivity index (χ0) is 15.7. The van der Waals surface area contributed by atoms with E-state index in [1.165, 1.54) is 34.4 Å². The van der Waals surface area contributed by atoms with Gasteiger partial charge in [-0.25, -0.2) is 13.8 Å². The van der Waals surface area contributed by atoms with E-state index in [2.05, 4.69) is 20.9 Å². The predicted octanol–water partition coefficient (Wildman–Crippen LogP) is 4.03. The van der Waals surface area contributed by atoms with E-state index in [0.717, 1.165) is 10.5 Å². The Morgan fingerprint density at radius 2 is 2.00 bits per heavy atom. The van der Waals surface area contributed by atoms with Gasteiger partial charge in [-0.05, 0) is 40.2 Å². The van der Waals surface area contributed by atoms with Gasteiger partial charge in [0, 0.05) is 33.5 Å². The van der Waals surface area contributed by atoms with Gasteiger partial charge < -0.3 is 0 Å². The highest BCUT2D eigenvalue weighted by molar-refractivity contribution is 9.10. The van der Waals surface area contributed by atoms with Crippen molar-refractivity contribution in [2.24, 2.45) is 0 Å². The van der Waals surface area contributed by atoms with Crippen LogP contribution in [0.4, 0.5) is 8.78 Å². The number of pyridine rings is 1. The Morgan fingerprint density at radius 3 is 2.77 bits per heavy atom. The second kappa shape index (κ2) is 6.18. The molecule has 0 bridgehead atoms. The molecule has 0 saturated carbocycles. The quantitative estimate of drug-likeness (QED) is 0.641. The summed E-state index contributed by atoms with van der Waals surface area (Å²) in [6, 6.07) is 8.33. The van der Waals surface area contributed by atoms with E-state index >= 15 is 0 Å². The normalized spacial score (nSPS) is 11.0. The third-order valence-electron chi connectivity index (χ3n) is 2.95. The first-order valence-electron chi connectivity index (χ1n) is 6.28. The maximum absolute atomic E-state index is 13.6. The fourth-order valence-electron chi connectivity index (χ4n) is 1.94. The lowest BCUT2D eigenvalue weighted by Gasteiger charge is -2.05. The molecule has 3 rings (SSSR count). The molecule has 0 N–H and O–H groups in total. The summed E-state index contributed by atoms with van der Waals surface area (Å²) in [4.78, 5) is 16.7. The Morgan fingerprint density at radius 1 is 1.18 bits per heavy atom. The molecule has 0 aliphatic carbocycles. The van der Waals surface area contributed by atoms with Crippen molar-refractivity contribution >= 4 is 33.3 Å². The third kappa shape index (κ3) is 3.20. The topological polar surface area (TPSA) is 34.4 Å². The van der Waals surface area contributed by atoms with E-state index in [1.54, 1.807) is 18.3 Å². The molecule has 0 aliphatic rings. The lowest BCUT2D eigenvalue weighted by Crippen LogP contribution is -2.15. The lowest BCUT2D eigenvalue weighted by atomic mass is 10.3. The summed E-state index contributed by atoms with van der Waals surface area (Å²) in [7, 11) is 0. The molecule has 2 aromatic heterocycles. The van der Waals surface area contributed by atoms with Crippen LogP contribution in [-0.4, -0.2) is 9.38 Å². The highest BCUT2D eigenvalue weighted by Gasteiger charge is 2.07. The van der Waals surface area contributed by atoms with Gasteiger partial charge in [-0.15, -0.1) is 11.8 Å². The molecule has 0 amide bonds. The van der Waals surface area contributed by atoms with E-state index in [4.69, 9.17) is 0 Å². The maximum Gasteiger partial charge on any atom is 0.258 e. The molecule has 0 aliphatic heterocycles. The number of rotatable bonds is 3. The van der Waals surface area contributed by atoms with Crippen LogP contribution in [0, 0.1) is 11.6 Å². The molecular weight excluding hydrogens is 374 g/mol. The molecule has 7 heteroatoms. The minimum Gasteiger partial charge on any atom is -0.269 e. The van der Waals surface area contributed by atoms with E-state index in [9.17, 15) is 13.6 Å². The molecule has 0 radical (unpaired) electrons. The summed E-state index contributed by atoms with van der Waals surface area (Å²) in [5.41, 5.74) is 0.855. The molecule has 3 aromatic rings. The second-order valence-corrected chi connectivity index (χ2v) is 6.46. The molecule has 0 saturated heterocycles. The van der Waals surface area contributed by atoms with E-state index in [-0.39, 0.29) is 5.56 Å². The highest BCUT2D eigenvalue weighted by Crippen LogP contribution is 2.25. The van der Waals surface area contributed by atoms with Gasteiger partial charge in [-0.2, -0.15) is 0 Å². The molecule has 0 atom stereocenters. The van der Waals surface area contributed by atoms with Gasteiger partial charge >= 0.3 is 0 Å². The monoisotopic (exact) mass is 382 g/mol. The summed E-state index contributed by atoms with van der Waals surface area (Å²) >= 11 is 4.46. The fraction of sp³-hybridized carbons (Fsp3) is 0.0667. The fourth-order valence-corrected chi connectivity index (χ4v) is 3.09. The Labute approximate surface area is 137 Å². The van der Waals surface area contributed by atoms with Gasteiger partial charge in [0.15, 0.2) is 0 Å². The first-order chi connectivity index (χ1) is 10.5. The van der Waals surface area contributed by atoms with Crippen molar-refractivity contribution in [2.75, 3.05) is 0 Å². The number of nitrogens with zero attached hydrogens (tertiary/aromatic N) is 2. The maximum atomic E-state index is 13.6. The third-order valence-corrected chi connectivity index (χ3v) is 4.50. The average molecular weight is 383 g/mol. The summed E-state index contributed by atoms with van der Waals surface area (Å²) in [6.07, 6.45) is 1.64. The number of benzene rings is 1. The largest absolute Gasteiger partial charge is 0.269 e. The summed E-state index contributed by atoms with van der Waals surface area (Å²) < 4.78 is 28.6. The number of hydrogen-bond donors (Lipinski definition) is 0. The van der Waals surface area contributed by atoms with Gasteiger partial charge in [0.1, 0.15) is 17.3 Å². The van der Waals surface area contributed by atoms with Crippen LogP contribution in [0.3, 0.4) is 0 Å². The zero-order valence-corrected chi connectivity index (χ0v) is 13.5. The van der Waals surface area contributed by atoms with E-state index in [1.807, 2.05) is 0 Å². The number of aromatic nitrogens is 2. The minimum atomic E-state index is -0.619. The van der Waals surface area contributed by atoms with E-state index < -0.39 is 11.6 Å². The van der Waals surface area contributed by atoms with Crippen LogP contribution >= 0.6 is 27.7 Å². The molecule has 1 aromatic carbocycles. The second-order valence-electron chi connectivity index (χ2n) is 4.52. The predicted molar refractivity (Wildman–Crippen MR) is 85.1 cm³/mol. The van der Waals surface area contributed by atoms with Crippen molar-refractivity contribution in [1.29, 1.82) is 0 Å². The first kappa shape index (κ1) is 15.2. The zero-order valence-electron chi connectivity index (χ0n) is 11.1. The molecule has 112 valence electrons. The van der Waals surface area contributed by atoms with Crippen LogP contribution in [0.5, 0.6) is 0 Å². The SMILES string of the molecule is O=c1cc(CSc2ccc(F)cc2F)nc2ccc(Br)cn12. The minimum absolute atomic E-state index is 0.207. The van der Waals surface area contributed by atoms with Crippen LogP contribution in [0.1, 0.15) is 5.69 Å². The molecule has 2 heterocycles. The van der Waals surface area contributed by atoms with Crippen LogP contribution in [0.2, 0.25) is 0 Å². The molecule has 0 unspecified atom stereocenters. The van der Waals surface area contributed by atoms with Crippen molar-refractivity contribution in [1.82, 2.24) is 9.38 Å². The standard InChI is InChI=1S/C15H9BrF2N2OS/c16-9-1-4-14-19-11(6-15(21)20(14)7-9)8-22-13-3-2-10(17)5-12(13)18/h1-7H,8H2. The molecule has 0 fully saturated rings. The summed E-state index contributed by atoms with van der Waals surface area (Å²) in [5, 5.41) is 0. The first-order valence-corrected chi connectivity index (χ1v) is 8.06. The van der Waals surface area contributed by atoms with E-state index in [0.29, 0.717) is 22.0 Å². The summed E-state index contributed by atoms with van der Waals surface area (Å²) in [6.45, 7) is 0. The highest BCUT2D eigenvalue weighted by atomic mass is 79.9. The molecular formula is C15H9BrF2N2OS. The van der Waals surface area contributed by atoms with Crippen molar-refractivity contribution in [3.8, 4) is 0 Å². The van der Waals surface area contributed by atoms with Gasteiger partial charge in [0.05, 0.1) is 5.69 Å². The van der Waals surface area contributed by atoms with Gasteiger partial charge in [0.2, 0.25) is 0 Å². The van der Waals surface area contributed by atoms with Crippen molar-refractivity contribution in [2.45, 2.75) is 10.6 Å². The Kier molecular flexibility index (Phi) is 4.26. The van der Waals surface area contributed by atoms with Crippen LogP contribution in [0.25, 0.3) is 5.65 Å². The van der Waals surface area contributed by atoms with Crippen molar-refractivity contribution in [3.05, 3.63) is 74.7 Å². The molecule has 0 spiro atoms.